The summed E-state index contributed by atoms with van der Waals surface area (Å²) >= 11 is 0. The zero-order valence-corrected chi connectivity index (χ0v) is 22.9. The van der Waals surface area contributed by atoms with Crippen LogP contribution in [0.15, 0.2) is 140 Å². The van der Waals surface area contributed by atoms with Crippen LogP contribution in [0, 0.1) is 0 Å². The molecule has 0 aliphatic rings. The van der Waals surface area contributed by atoms with Gasteiger partial charge in [0.2, 0.25) is 0 Å². The van der Waals surface area contributed by atoms with Crippen LogP contribution in [0.5, 0.6) is 0 Å². The number of aromatic nitrogens is 2. The van der Waals surface area contributed by atoms with Gasteiger partial charge in [-0.2, -0.15) is 0 Å². The summed E-state index contributed by atoms with van der Waals surface area (Å²) < 4.78 is 7.27. The van der Waals surface area contributed by atoms with Crippen LogP contribution in [0.2, 0.25) is 0 Å². The molecule has 42 heavy (non-hydrogen) atoms. The maximum Gasteiger partial charge on any atom is 0.408 e. The van der Waals surface area contributed by atoms with Crippen molar-refractivity contribution in [3.63, 3.8) is 0 Å². The first-order chi connectivity index (χ1) is 20.6. The van der Waals surface area contributed by atoms with E-state index in [9.17, 15) is 14.7 Å². The molecule has 5 aromatic rings. The monoisotopic (exact) mass is 557 g/mol. The Morgan fingerprint density at radius 2 is 1.31 bits per heavy atom. The van der Waals surface area contributed by atoms with Crippen molar-refractivity contribution in [3.05, 3.63) is 168 Å². The minimum absolute atomic E-state index is 0.0538. The first-order valence-electron chi connectivity index (χ1n) is 13.6. The van der Waals surface area contributed by atoms with Crippen LogP contribution in [0.4, 0.5) is 4.79 Å². The highest BCUT2D eigenvalue weighted by Gasteiger charge is 2.38. The number of nitrogens with one attached hydrogen (secondary N) is 1. The van der Waals surface area contributed by atoms with Crippen LogP contribution in [0.25, 0.3) is 6.08 Å². The van der Waals surface area contributed by atoms with Gasteiger partial charge in [0.25, 0.3) is 0 Å². The van der Waals surface area contributed by atoms with Crippen LogP contribution >= 0.6 is 0 Å². The Bertz CT molecular complexity index is 1520. The lowest BCUT2D eigenvalue weighted by molar-refractivity contribution is -0.139. The highest BCUT2D eigenvalue weighted by molar-refractivity contribution is 5.80. The van der Waals surface area contributed by atoms with Crippen molar-refractivity contribution >= 4 is 18.1 Å². The van der Waals surface area contributed by atoms with Gasteiger partial charge in [0.05, 0.1) is 12.0 Å². The molecule has 1 atom stereocenters. The van der Waals surface area contributed by atoms with E-state index in [-0.39, 0.29) is 13.0 Å². The summed E-state index contributed by atoms with van der Waals surface area (Å²) in [5.41, 5.74) is 3.97. The highest BCUT2D eigenvalue weighted by atomic mass is 16.5. The van der Waals surface area contributed by atoms with Crippen molar-refractivity contribution in [1.82, 2.24) is 14.9 Å². The molecule has 4 aromatic carbocycles. The molecule has 0 fully saturated rings. The molecule has 1 heterocycles. The van der Waals surface area contributed by atoms with Gasteiger partial charge in [0.15, 0.2) is 0 Å². The van der Waals surface area contributed by atoms with Gasteiger partial charge in [-0.25, -0.2) is 14.6 Å². The van der Waals surface area contributed by atoms with Gasteiger partial charge in [-0.15, -0.1) is 0 Å². The minimum atomic E-state index is -1.15. The van der Waals surface area contributed by atoms with Crippen molar-refractivity contribution in [1.29, 1.82) is 0 Å². The Morgan fingerprint density at radius 3 is 1.81 bits per heavy atom. The molecular weight excluding hydrogens is 526 g/mol. The molecule has 5 rings (SSSR count). The molecule has 0 saturated carbocycles. The lowest BCUT2D eigenvalue weighted by Gasteiger charge is -2.37. The number of benzene rings is 4. The molecule has 0 spiro atoms. The van der Waals surface area contributed by atoms with Crippen LogP contribution < -0.4 is 5.32 Å². The Morgan fingerprint density at radius 1 is 0.810 bits per heavy atom. The van der Waals surface area contributed by atoms with Gasteiger partial charge >= 0.3 is 12.1 Å². The second kappa shape index (κ2) is 13.3. The molecule has 210 valence electrons. The van der Waals surface area contributed by atoms with E-state index in [1.807, 2.05) is 91.1 Å². The summed E-state index contributed by atoms with van der Waals surface area (Å²) in [5.74, 6) is -1.15. The summed E-state index contributed by atoms with van der Waals surface area (Å²) in [6.07, 6.45) is 6.46. The third-order valence-electron chi connectivity index (χ3n) is 7.03. The topological polar surface area (TPSA) is 93.5 Å². The van der Waals surface area contributed by atoms with E-state index in [1.54, 1.807) is 18.5 Å². The average molecular weight is 558 g/mol. The number of hydrogen-bond donors (Lipinski definition) is 2. The lowest BCUT2D eigenvalue weighted by Crippen LogP contribution is -2.40. The zero-order valence-electron chi connectivity index (χ0n) is 22.9. The largest absolute Gasteiger partial charge is 0.480 e. The molecule has 1 unspecified atom stereocenters. The Balaban J connectivity index is 1.39. The fraction of sp³-hybridized carbons (Fsp3) is 0.114. The third-order valence-corrected chi connectivity index (χ3v) is 7.03. The van der Waals surface area contributed by atoms with E-state index in [0.717, 1.165) is 22.3 Å². The second-order valence-corrected chi connectivity index (χ2v) is 9.75. The summed E-state index contributed by atoms with van der Waals surface area (Å²) in [7, 11) is 0. The van der Waals surface area contributed by atoms with E-state index in [1.165, 1.54) is 0 Å². The summed E-state index contributed by atoms with van der Waals surface area (Å²) in [6, 6.07) is 38.8. The van der Waals surface area contributed by atoms with Gasteiger partial charge in [0.1, 0.15) is 18.2 Å². The SMILES string of the molecule is O=C(NC(CC=Cc1cn(C(c2ccccc2)(c2ccccc2)c2ccccc2)cn1)C(=O)O)OCc1ccccc1. The zero-order chi connectivity index (χ0) is 29.2. The van der Waals surface area contributed by atoms with Crippen molar-refractivity contribution in [3.8, 4) is 0 Å². The molecule has 0 bridgehead atoms. The Kier molecular flexibility index (Phi) is 8.89. The number of carboxylic acids is 1. The average Bonchev–Trinajstić information content (AvgIpc) is 3.51. The molecule has 2 N–H and O–H groups in total. The highest BCUT2D eigenvalue weighted by Crippen LogP contribution is 2.40. The summed E-state index contributed by atoms with van der Waals surface area (Å²) in [5, 5.41) is 12.1. The number of hydrogen-bond acceptors (Lipinski definition) is 4. The first-order valence-corrected chi connectivity index (χ1v) is 13.6. The molecular formula is C35H31N3O4. The number of nitrogens with zero attached hydrogens (tertiary/aromatic N) is 2. The molecule has 0 radical (unpaired) electrons. The van der Waals surface area contributed by atoms with Gasteiger partial charge in [-0.3, -0.25) is 0 Å². The van der Waals surface area contributed by atoms with E-state index in [0.29, 0.717) is 5.69 Å². The van der Waals surface area contributed by atoms with Crippen LogP contribution in [0.1, 0.15) is 34.4 Å². The van der Waals surface area contributed by atoms with E-state index in [4.69, 9.17) is 4.74 Å². The number of amides is 1. The van der Waals surface area contributed by atoms with E-state index in [2.05, 4.69) is 51.3 Å². The number of alkyl carbamates (subject to hydrolysis) is 1. The van der Waals surface area contributed by atoms with Gasteiger partial charge in [0, 0.05) is 6.20 Å². The maximum absolute atomic E-state index is 12.2. The predicted molar refractivity (Wildman–Crippen MR) is 162 cm³/mol. The van der Waals surface area contributed by atoms with Crippen LogP contribution in [-0.2, 0) is 21.7 Å². The second-order valence-electron chi connectivity index (χ2n) is 9.75. The molecule has 7 nitrogen and oxygen atoms in total. The number of ether oxygens (including phenoxy) is 1. The molecule has 0 aliphatic carbocycles. The fourth-order valence-corrected chi connectivity index (χ4v) is 5.05. The van der Waals surface area contributed by atoms with Crippen molar-refractivity contribution in [2.24, 2.45) is 0 Å². The molecule has 0 aliphatic heterocycles. The number of carbonyl (C=O) groups is 2. The van der Waals surface area contributed by atoms with Gasteiger partial charge in [-0.1, -0.05) is 127 Å². The van der Waals surface area contributed by atoms with Gasteiger partial charge in [-0.05, 0) is 34.8 Å². The van der Waals surface area contributed by atoms with Crippen molar-refractivity contribution in [2.75, 3.05) is 0 Å². The molecule has 1 aromatic heterocycles. The predicted octanol–water partition coefficient (Wildman–Crippen LogP) is 6.51. The Labute approximate surface area is 244 Å². The smallest absolute Gasteiger partial charge is 0.408 e. The van der Waals surface area contributed by atoms with Crippen LogP contribution in [0.3, 0.4) is 0 Å². The normalized spacial score (nSPS) is 12.1. The number of carboxylic acid groups (broad SMARTS) is 1. The number of carbonyl (C=O) groups excluding carboxylic acids is 1. The first kappa shape index (κ1) is 28.1. The summed E-state index contributed by atoms with van der Waals surface area (Å²) in [6.45, 7) is 0.0538. The lowest BCUT2D eigenvalue weighted by atomic mass is 9.77. The van der Waals surface area contributed by atoms with E-state index < -0.39 is 23.6 Å². The third kappa shape index (κ3) is 6.31. The maximum atomic E-state index is 12.2. The minimum Gasteiger partial charge on any atom is -0.480 e. The molecule has 1 amide bonds. The summed E-state index contributed by atoms with van der Waals surface area (Å²) in [4.78, 5) is 28.7. The number of rotatable bonds is 11. The number of imidazole rings is 1. The molecule has 7 heteroatoms. The number of aliphatic carboxylic acids is 1. The standard InChI is InChI=1S/C35H31N3O4/c39-33(40)32(37-34(41)42-25-27-14-5-1-6-15-27)23-13-22-31-24-38(26-36-31)35(28-16-7-2-8-17-28,29-18-9-3-10-19-29)30-20-11-4-12-21-30/h1-22,24,26,32H,23,25H2,(H,37,41)(H,39,40). The molecule has 0 saturated heterocycles. The quantitative estimate of drug-likeness (QED) is 0.181. The Hall–Kier alpha value is -5.43. The van der Waals surface area contributed by atoms with Crippen molar-refractivity contribution in [2.45, 2.75) is 24.6 Å². The van der Waals surface area contributed by atoms with Crippen LogP contribution in [-0.4, -0.2) is 32.8 Å². The van der Waals surface area contributed by atoms with Crippen molar-refractivity contribution < 1.29 is 19.4 Å². The van der Waals surface area contributed by atoms with Gasteiger partial charge < -0.3 is 19.7 Å². The van der Waals surface area contributed by atoms with E-state index >= 15 is 0 Å². The fourth-order valence-electron chi connectivity index (χ4n) is 5.05.